The van der Waals surface area contributed by atoms with Crippen molar-refractivity contribution in [1.29, 1.82) is 0 Å². The average Bonchev–Trinajstić information content (AvgIpc) is 3.08. The van der Waals surface area contributed by atoms with Crippen molar-refractivity contribution in [2.45, 2.75) is 45.6 Å². The molecule has 0 aromatic carbocycles. The maximum Gasteiger partial charge on any atom is 0.341 e. The first-order chi connectivity index (χ1) is 10.6. The fourth-order valence-corrected chi connectivity index (χ4v) is 3.20. The summed E-state index contributed by atoms with van der Waals surface area (Å²) >= 11 is 0. The molecule has 0 bridgehead atoms. The van der Waals surface area contributed by atoms with Crippen molar-refractivity contribution in [3.05, 3.63) is 17.5 Å². The lowest BCUT2D eigenvalue weighted by molar-refractivity contribution is 0.0527. The number of ether oxygens (including phenoxy) is 1. The third-order valence-electron chi connectivity index (χ3n) is 4.23. The summed E-state index contributed by atoms with van der Waals surface area (Å²) in [6.07, 6.45) is 6.31. The molecule has 1 N–H and O–H groups in total. The van der Waals surface area contributed by atoms with Crippen molar-refractivity contribution in [1.82, 2.24) is 14.8 Å². The number of nitrogens with one attached hydrogen (secondary N) is 1. The maximum atomic E-state index is 12.3. The number of rotatable bonds is 4. The summed E-state index contributed by atoms with van der Waals surface area (Å²) in [5.41, 5.74) is 2.97. The van der Waals surface area contributed by atoms with Crippen LogP contribution in [0.2, 0.25) is 0 Å². The summed E-state index contributed by atoms with van der Waals surface area (Å²) in [5, 5.41) is 8.90. The molecule has 2 heterocycles. The second-order valence-electron chi connectivity index (χ2n) is 5.80. The summed E-state index contributed by atoms with van der Waals surface area (Å²) in [7, 11) is 1.87. The molecule has 3 rings (SSSR count). The van der Waals surface area contributed by atoms with Crippen LogP contribution < -0.4 is 5.32 Å². The standard InChI is InChI=1S/C16H22N4O2/c1-4-22-16(21)12-9-17-15-13(10(2)19-20(15)3)14(12)18-11-7-5-6-8-11/h9,11H,4-8H2,1-3H3,(H,17,18). The summed E-state index contributed by atoms with van der Waals surface area (Å²) < 4.78 is 6.93. The van der Waals surface area contributed by atoms with E-state index in [9.17, 15) is 4.79 Å². The van der Waals surface area contributed by atoms with Gasteiger partial charge in [0.25, 0.3) is 0 Å². The van der Waals surface area contributed by atoms with Crippen molar-refractivity contribution < 1.29 is 9.53 Å². The highest BCUT2D eigenvalue weighted by Gasteiger charge is 2.24. The summed E-state index contributed by atoms with van der Waals surface area (Å²) in [6, 6.07) is 0.401. The molecule has 1 saturated carbocycles. The Kier molecular flexibility index (Phi) is 4.00. The number of pyridine rings is 1. The van der Waals surface area contributed by atoms with Crippen molar-refractivity contribution >= 4 is 22.7 Å². The van der Waals surface area contributed by atoms with Gasteiger partial charge in [-0.25, -0.2) is 9.78 Å². The molecule has 2 aromatic heterocycles. The zero-order valence-corrected chi connectivity index (χ0v) is 13.3. The Labute approximate surface area is 129 Å². The predicted octanol–water partition coefficient (Wildman–Crippen LogP) is 2.81. The van der Waals surface area contributed by atoms with E-state index in [4.69, 9.17) is 4.74 Å². The number of carbonyl (C=O) groups excluding carboxylic acids is 1. The van der Waals surface area contributed by atoms with Crippen LogP contribution in [0, 0.1) is 6.92 Å². The smallest absolute Gasteiger partial charge is 0.341 e. The van der Waals surface area contributed by atoms with E-state index in [1.807, 2.05) is 20.9 Å². The summed E-state index contributed by atoms with van der Waals surface area (Å²) in [4.78, 5) is 16.7. The molecular formula is C16H22N4O2. The van der Waals surface area contributed by atoms with Crippen molar-refractivity contribution in [3.63, 3.8) is 0 Å². The molecule has 0 amide bonds. The zero-order valence-electron chi connectivity index (χ0n) is 13.3. The maximum absolute atomic E-state index is 12.3. The molecule has 118 valence electrons. The second kappa shape index (κ2) is 5.94. The molecule has 1 fully saturated rings. The van der Waals surface area contributed by atoms with Crippen molar-refractivity contribution in [2.24, 2.45) is 7.05 Å². The zero-order chi connectivity index (χ0) is 15.7. The molecule has 2 aromatic rings. The molecule has 1 aliphatic carbocycles. The topological polar surface area (TPSA) is 69.0 Å². The van der Waals surface area contributed by atoms with Crippen LogP contribution in [0.4, 0.5) is 5.69 Å². The Hall–Kier alpha value is -2.11. The van der Waals surface area contributed by atoms with Gasteiger partial charge in [0.05, 0.1) is 23.4 Å². The normalized spacial score (nSPS) is 15.4. The molecule has 0 saturated heterocycles. The number of carbonyl (C=O) groups is 1. The SMILES string of the molecule is CCOC(=O)c1cnc2c(c(C)nn2C)c1NC1CCCC1. The van der Waals surface area contributed by atoms with E-state index in [1.54, 1.807) is 10.9 Å². The Bertz CT molecular complexity index is 702. The molecule has 22 heavy (non-hydrogen) atoms. The molecule has 6 nitrogen and oxygen atoms in total. The van der Waals surface area contributed by atoms with Gasteiger partial charge in [0.15, 0.2) is 5.65 Å². The van der Waals surface area contributed by atoms with Crippen LogP contribution >= 0.6 is 0 Å². The van der Waals surface area contributed by atoms with Gasteiger partial charge in [0, 0.05) is 19.3 Å². The number of nitrogens with zero attached hydrogens (tertiary/aromatic N) is 3. The average molecular weight is 302 g/mol. The molecular weight excluding hydrogens is 280 g/mol. The third-order valence-corrected chi connectivity index (χ3v) is 4.23. The van der Waals surface area contributed by atoms with E-state index in [-0.39, 0.29) is 5.97 Å². The molecule has 1 aliphatic rings. The van der Waals surface area contributed by atoms with Gasteiger partial charge in [-0.2, -0.15) is 5.10 Å². The first kappa shape index (κ1) is 14.8. The Morgan fingerprint density at radius 3 is 2.86 bits per heavy atom. The van der Waals surface area contributed by atoms with Crippen LogP contribution in [0.5, 0.6) is 0 Å². The van der Waals surface area contributed by atoms with E-state index < -0.39 is 0 Å². The number of aromatic nitrogens is 3. The lowest BCUT2D eigenvalue weighted by atomic mass is 10.1. The molecule has 0 unspecified atom stereocenters. The Balaban J connectivity index is 2.12. The lowest BCUT2D eigenvalue weighted by Crippen LogP contribution is -2.18. The molecule has 0 aliphatic heterocycles. The van der Waals surface area contributed by atoms with Gasteiger partial charge >= 0.3 is 5.97 Å². The quantitative estimate of drug-likeness (QED) is 0.880. The second-order valence-corrected chi connectivity index (χ2v) is 5.80. The number of fused-ring (bicyclic) bond motifs is 1. The van der Waals surface area contributed by atoms with Gasteiger partial charge in [-0.3, -0.25) is 4.68 Å². The Morgan fingerprint density at radius 1 is 1.45 bits per heavy atom. The number of hydrogen-bond donors (Lipinski definition) is 1. The van der Waals surface area contributed by atoms with Crippen LogP contribution in [-0.4, -0.2) is 33.4 Å². The van der Waals surface area contributed by atoms with Gasteiger partial charge in [-0.15, -0.1) is 0 Å². The minimum Gasteiger partial charge on any atom is -0.462 e. The van der Waals surface area contributed by atoms with E-state index in [0.29, 0.717) is 18.2 Å². The van der Waals surface area contributed by atoms with Crippen LogP contribution in [0.25, 0.3) is 11.0 Å². The highest BCUT2D eigenvalue weighted by atomic mass is 16.5. The predicted molar refractivity (Wildman–Crippen MR) is 85.1 cm³/mol. The molecule has 0 atom stereocenters. The third kappa shape index (κ3) is 2.53. The number of hydrogen-bond acceptors (Lipinski definition) is 5. The first-order valence-corrected chi connectivity index (χ1v) is 7.87. The minimum atomic E-state index is -0.333. The fourth-order valence-electron chi connectivity index (χ4n) is 3.20. The minimum absolute atomic E-state index is 0.333. The van der Waals surface area contributed by atoms with Crippen LogP contribution in [0.3, 0.4) is 0 Å². The van der Waals surface area contributed by atoms with Crippen molar-refractivity contribution in [3.8, 4) is 0 Å². The van der Waals surface area contributed by atoms with Crippen LogP contribution in [0.15, 0.2) is 6.20 Å². The highest BCUT2D eigenvalue weighted by molar-refractivity contribution is 6.05. The van der Waals surface area contributed by atoms with Gasteiger partial charge in [-0.1, -0.05) is 12.8 Å². The van der Waals surface area contributed by atoms with E-state index in [1.165, 1.54) is 12.8 Å². The number of aryl methyl sites for hydroxylation is 2. The largest absolute Gasteiger partial charge is 0.462 e. The summed E-state index contributed by atoms with van der Waals surface area (Å²) in [6.45, 7) is 4.10. The summed E-state index contributed by atoms with van der Waals surface area (Å²) in [5.74, 6) is -0.333. The van der Waals surface area contributed by atoms with Crippen LogP contribution in [0.1, 0.15) is 48.7 Å². The first-order valence-electron chi connectivity index (χ1n) is 7.87. The van der Waals surface area contributed by atoms with Gasteiger partial charge in [0.1, 0.15) is 5.56 Å². The molecule has 0 spiro atoms. The number of anilines is 1. The fraction of sp³-hybridized carbons (Fsp3) is 0.562. The molecule has 0 radical (unpaired) electrons. The highest BCUT2D eigenvalue weighted by Crippen LogP contribution is 2.32. The van der Waals surface area contributed by atoms with Crippen LogP contribution in [-0.2, 0) is 11.8 Å². The van der Waals surface area contributed by atoms with E-state index in [2.05, 4.69) is 15.4 Å². The van der Waals surface area contributed by atoms with Gasteiger partial charge in [0.2, 0.25) is 0 Å². The Morgan fingerprint density at radius 2 is 2.18 bits per heavy atom. The van der Waals surface area contributed by atoms with Gasteiger partial charge < -0.3 is 10.1 Å². The lowest BCUT2D eigenvalue weighted by Gasteiger charge is -2.17. The van der Waals surface area contributed by atoms with Crippen molar-refractivity contribution in [2.75, 3.05) is 11.9 Å². The van der Waals surface area contributed by atoms with Gasteiger partial charge in [-0.05, 0) is 26.7 Å². The molecule has 6 heteroatoms. The number of esters is 1. The monoisotopic (exact) mass is 302 g/mol. The van der Waals surface area contributed by atoms with E-state index in [0.717, 1.165) is 35.3 Å². The van der Waals surface area contributed by atoms with E-state index >= 15 is 0 Å².